The summed E-state index contributed by atoms with van der Waals surface area (Å²) in [6, 6.07) is 5.38. The summed E-state index contributed by atoms with van der Waals surface area (Å²) >= 11 is 9.49. The Morgan fingerprint density at radius 2 is 2.15 bits per heavy atom. The molecule has 1 aromatic rings. The van der Waals surface area contributed by atoms with Gasteiger partial charge >= 0.3 is 0 Å². The van der Waals surface area contributed by atoms with Crippen molar-refractivity contribution in [3.63, 3.8) is 0 Å². The molecule has 1 N–H and O–H groups in total. The summed E-state index contributed by atoms with van der Waals surface area (Å²) in [5.74, 6) is 1.19. The van der Waals surface area contributed by atoms with Crippen LogP contribution in [0.5, 0.6) is 5.75 Å². The molecule has 1 saturated carbocycles. The number of benzene rings is 1. The predicted molar refractivity (Wildman–Crippen MR) is 84.6 cm³/mol. The predicted octanol–water partition coefficient (Wildman–Crippen LogP) is 3.99. The van der Waals surface area contributed by atoms with Crippen LogP contribution in [0.3, 0.4) is 0 Å². The summed E-state index contributed by atoms with van der Waals surface area (Å²) in [6.45, 7) is 0.638. The Hall–Kier alpha value is -0.740. The summed E-state index contributed by atoms with van der Waals surface area (Å²) in [7, 11) is 1.59. The molecular weight excluding hydrogens is 342 g/mol. The van der Waals surface area contributed by atoms with Crippen molar-refractivity contribution >= 4 is 33.4 Å². The Morgan fingerprint density at radius 1 is 1.45 bits per heavy atom. The number of ether oxygens (including phenoxy) is 1. The topological polar surface area (TPSA) is 38.3 Å². The van der Waals surface area contributed by atoms with Gasteiger partial charge in [-0.25, -0.2) is 0 Å². The SMILES string of the molecule is COc1ccc(Br)c(C(=O)NCC2(CCl)CCCC2)c1. The van der Waals surface area contributed by atoms with Gasteiger partial charge in [-0.05, 0) is 47.0 Å². The van der Waals surface area contributed by atoms with Gasteiger partial charge in [0.15, 0.2) is 0 Å². The lowest BCUT2D eigenvalue weighted by Crippen LogP contribution is -2.37. The molecule has 0 bridgehead atoms. The zero-order chi connectivity index (χ0) is 14.6. The van der Waals surface area contributed by atoms with E-state index in [0.29, 0.717) is 23.7 Å². The van der Waals surface area contributed by atoms with Gasteiger partial charge in [-0.2, -0.15) is 0 Å². The third kappa shape index (κ3) is 3.47. The Bertz CT molecular complexity index is 487. The van der Waals surface area contributed by atoms with Gasteiger partial charge in [-0.3, -0.25) is 4.79 Å². The second-order valence-corrected chi connectivity index (χ2v) is 6.49. The van der Waals surface area contributed by atoms with Gasteiger partial charge in [-0.15, -0.1) is 11.6 Å². The minimum absolute atomic E-state index is 0.0720. The van der Waals surface area contributed by atoms with Gasteiger partial charge in [0, 0.05) is 22.3 Å². The molecule has 0 spiro atoms. The molecule has 1 amide bonds. The van der Waals surface area contributed by atoms with Gasteiger partial charge in [-0.1, -0.05) is 12.8 Å². The van der Waals surface area contributed by atoms with Gasteiger partial charge < -0.3 is 10.1 Å². The van der Waals surface area contributed by atoms with E-state index in [1.54, 1.807) is 13.2 Å². The van der Waals surface area contributed by atoms with Crippen LogP contribution < -0.4 is 10.1 Å². The molecule has 0 aliphatic heterocycles. The van der Waals surface area contributed by atoms with Crippen LogP contribution in [0.4, 0.5) is 0 Å². The molecule has 0 aromatic heterocycles. The van der Waals surface area contributed by atoms with Gasteiger partial charge in [0.1, 0.15) is 5.75 Å². The molecule has 2 rings (SSSR count). The molecule has 1 aliphatic carbocycles. The highest BCUT2D eigenvalue weighted by atomic mass is 79.9. The number of amides is 1. The molecule has 0 heterocycles. The number of carbonyl (C=O) groups is 1. The normalized spacial score (nSPS) is 16.9. The summed E-state index contributed by atoms with van der Waals surface area (Å²) < 4.78 is 5.92. The Labute approximate surface area is 133 Å². The molecule has 0 unspecified atom stereocenters. The maximum Gasteiger partial charge on any atom is 0.252 e. The summed E-state index contributed by atoms with van der Waals surface area (Å²) in [6.07, 6.45) is 4.59. The van der Waals surface area contributed by atoms with Crippen molar-refractivity contribution in [2.45, 2.75) is 25.7 Å². The third-order valence-electron chi connectivity index (χ3n) is 3.99. The van der Waals surface area contributed by atoms with E-state index in [4.69, 9.17) is 16.3 Å². The lowest BCUT2D eigenvalue weighted by atomic mass is 9.88. The average Bonchev–Trinajstić information content (AvgIpc) is 2.95. The highest BCUT2D eigenvalue weighted by Crippen LogP contribution is 2.38. The first-order valence-electron chi connectivity index (χ1n) is 6.78. The molecule has 1 aromatic carbocycles. The van der Waals surface area contributed by atoms with Crippen LogP contribution >= 0.6 is 27.5 Å². The van der Waals surface area contributed by atoms with Crippen LogP contribution in [-0.2, 0) is 0 Å². The van der Waals surface area contributed by atoms with Crippen molar-refractivity contribution in [1.82, 2.24) is 5.32 Å². The highest BCUT2D eigenvalue weighted by molar-refractivity contribution is 9.10. The summed E-state index contributed by atoms with van der Waals surface area (Å²) in [5.41, 5.74) is 0.662. The quantitative estimate of drug-likeness (QED) is 0.806. The first-order chi connectivity index (χ1) is 9.60. The molecule has 0 saturated heterocycles. The smallest absolute Gasteiger partial charge is 0.252 e. The van der Waals surface area contributed by atoms with Crippen molar-refractivity contribution in [3.05, 3.63) is 28.2 Å². The Kier molecular flexibility index (Phi) is 5.33. The van der Waals surface area contributed by atoms with Crippen LogP contribution in [0, 0.1) is 5.41 Å². The number of carbonyl (C=O) groups excluding carboxylic acids is 1. The second kappa shape index (κ2) is 6.81. The first-order valence-corrected chi connectivity index (χ1v) is 8.11. The molecule has 20 heavy (non-hydrogen) atoms. The van der Waals surface area contributed by atoms with Crippen LogP contribution in [-0.4, -0.2) is 25.4 Å². The maximum absolute atomic E-state index is 12.3. The molecule has 1 aliphatic rings. The van der Waals surface area contributed by atoms with E-state index in [0.717, 1.165) is 17.3 Å². The van der Waals surface area contributed by atoms with Crippen LogP contribution in [0.1, 0.15) is 36.0 Å². The fourth-order valence-electron chi connectivity index (χ4n) is 2.65. The number of hydrogen-bond acceptors (Lipinski definition) is 2. The zero-order valence-corrected chi connectivity index (χ0v) is 13.9. The number of nitrogens with one attached hydrogen (secondary N) is 1. The zero-order valence-electron chi connectivity index (χ0n) is 11.5. The molecule has 1 fully saturated rings. The van der Waals surface area contributed by atoms with Gasteiger partial charge in [0.2, 0.25) is 0 Å². The number of rotatable bonds is 5. The molecule has 0 radical (unpaired) electrons. The standard InChI is InChI=1S/C15H19BrClNO2/c1-20-11-4-5-13(16)12(8-11)14(19)18-10-15(9-17)6-2-3-7-15/h4-5,8H,2-3,6-7,9-10H2,1H3,(H,18,19). The Balaban J connectivity index is 2.04. The molecular formula is C15H19BrClNO2. The second-order valence-electron chi connectivity index (χ2n) is 5.37. The Morgan fingerprint density at radius 3 is 2.75 bits per heavy atom. The number of halogens is 2. The summed E-state index contributed by atoms with van der Waals surface area (Å²) in [5, 5.41) is 3.02. The maximum atomic E-state index is 12.3. The first kappa shape index (κ1) is 15.6. The number of alkyl halides is 1. The third-order valence-corrected chi connectivity index (χ3v) is 5.25. The monoisotopic (exact) mass is 359 g/mol. The summed E-state index contributed by atoms with van der Waals surface area (Å²) in [4.78, 5) is 12.3. The van der Waals surface area contributed by atoms with Crippen molar-refractivity contribution < 1.29 is 9.53 Å². The number of methoxy groups -OCH3 is 1. The van der Waals surface area contributed by atoms with Crippen molar-refractivity contribution in [2.24, 2.45) is 5.41 Å². The van der Waals surface area contributed by atoms with E-state index in [1.165, 1.54) is 12.8 Å². The lowest BCUT2D eigenvalue weighted by Gasteiger charge is -2.26. The highest BCUT2D eigenvalue weighted by Gasteiger charge is 2.33. The fourth-order valence-corrected chi connectivity index (χ4v) is 3.44. The minimum atomic E-state index is -0.0906. The van der Waals surface area contributed by atoms with Crippen LogP contribution in [0.25, 0.3) is 0 Å². The van der Waals surface area contributed by atoms with E-state index in [1.807, 2.05) is 12.1 Å². The molecule has 0 atom stereocenters. The van der Waals surface area contributed by atoms with Gasteiger partial charge in [0.25, 0.3) is 5.91 Å². The van der Waals surface area contributed by atoms with Gasteiger partial charge in [0.05, 0.1) is 12.7 Å². The fraction of sp³-hybridized carbons (Fsp3) is 0.533. The lowest BCUT2D eigenvalue weighted by molar-refractivity contribution is 0.0934. The van der Waals surface area contributed by atoms with E-state index in [-0.39, 0.29) is 11.3 Å². The molecule has 110 valence electrons. The largest absolute Gasteiger partial charge is 0.497 e. The van der Waals surface area contributed by atoms with E-state index < -0.39 is 0 Å². The van der Waals surface area contributed by atoms with Crippen LogP contribution in [0.15, 0.2) is 22.7 Å². The van der Waals surface area contributed by atoms with Crippen molar-refractivity contribution in [3.8, 4) is 5.75 Å². The molecule has 3 nitrogen and oxygen atoms in total. The molecule has 5 heteroatoms. The van der Waals surface area contributed by atoms with Crippen molar-refractivity contribution in [1.29, 1.82) is 0 Å². The minimum Gasteiger partial charge on any atom is -0.497 e. The van der Waals surface area contributed by atoms with Crippen molar-refractivity contribution in [2.75, 3.05) is 19.5 Å². The van der Waals surface area contributed by atoms with E-state index in [9.17, 15) is 4.79 Å². The van der Waals surface area contributed by atoms with E-state index >= 15 is 0 Å². The average molecular weight is 361 g/mol. The van der Waals surface area contributed by atoms with Crippen LogP contribution in [0.2, 0.25) is 0 Å². The number of hydrogen-bond donors (Lipinski definition) is 1. The van der Waals surface area contributed by atoms with E-state index in [2.05, 4.69) is 21.2 Å².